The van der Waals surface area contributed by atoms with Crippen molar-refractivity contribution in [1.82, 2.24) is 5.32 Å². The SMILES string of the molecule is COc1ccc(CCN[C@H](CC(=O)Nc2cccc(C(F)(F)F)c2)C(=O)O)cc1OC. The van der Waals surface area contributed by atoms with Crippen molar-refractivity contribution in [3.05, 3.63) is 53.6 Å². The van der Waals surface area contributed by atoms with Gasteiger partial charge in [0.2, 0.25) is 5.91 Å². The predicted octanol–water partition coefficient (Wildman–Crippen LogP) is 3.34. The predicted molar refractivity (Wildman–Crippen MR) is 107 cm³/mol. The van der Waals surface area contributed by atoms with Crippen molar-refractivity contribution in [2.75, 3.05) is 26.1 Å². The van der Waals surface area contributed by atoms with Gasteiger partial charge in [-0.15, -0.1) is 0 Å². The number of alkyl halides is 3. The molecule has 168 valence electrons. The molecule has 0 bridgehead atoms. The van der Waals surface area contributed by atoms with Gasteiger partial charge in [0.25, 0.3) is 0 Å². The summed E-state index contributed by atoms with van der Waals surface area (Å²) in [6.45, 7) is 0.253. The molecule has 1 atom stereocenters. The van der Waals surface area contributed by atoms with Crippen molar-refractivity contribution in [1.29, 1.82) is 0 Å². The maximum absolute atomic E-state index is 12.8. The number of carboxylic acid groups (broad SMARTS) is 1. The van der Waals surface area contributed by atoms with Crippen molar-refractivity contribution in [3.8, 4) is 11.5 Å². The molecule has 3 N–H and O–H groups in total. The summed E-state index contributed by atoms with van der Waals surface area (Å²) in [6.07, 6.45) is -4.53. The van der Waals surface area contributed by atoms with Gasteiger partial charge in [-0.2, -0.15) is 13.2 Å². The van der Waals surface area contributed by atoms with Crippen LogP contribution < -0.4 is 20.1 Å². The summed E-state index contributed by atoms with van der Waals surface area (Å²) >= 11 is 0. The van der Waals surface area contributed by atoms with Crippen LogP contribution in [0.3, 0.4) is 0 Å². The average Bonchev–Trinajstić information content (AvgIpc) is 2.72. The van der Waals surface area contributed by atoms with Crippen LogP contribution in [0.1, 0.15) is 17.5 Å². The van der Waals surface area contributed by atoms with E-state index in [9.17, 15) is 27.9 Å². The van der Waals surface area contributed by atoms with Crippen molar-refractivity contribution in [3.63, 3.8) is 0 Å². The first-order valence-corrected chi connectivity index (χ1v) is 9.28. The highest BCUT2D eigenvalue weighted by Crippen LogP contribution is 2.30. The number of ether oxygens (including phenoxy) is 2. The minimum Gasteiger partial charge on any atom is -0.493 e. The van der Waals surface area contributed by atoms with E-state index in [0.29, 0.717) is 17.9 Å². The number of benzene rings is 2. The van der Waals surface area contributed by atoms with Crippen molar-refractivity contribution >= 4 is 17.6 Å². The number of nitrogens with one attached hydrogen (secondary N) is 2. The topological polar surface area (TPSA) is 96.9 Å². The molecule has 0 saturated heterocycles. The summed E-state index contributed by atoms with van der Waals surface area (Å²) in [6, 6.07) is 8.22. The second kappa shape index (κ2) is 10.7. The van der Waals surface area contributed by atoms with E-state index in [0.717, 1.165) is 23.8 Å². The Labute approximate surface area is 177 Å². The molecule has 0 aliphatic rings. The Morgan fingerprint density at radius 2 is 1.77 bits per heavy atom. The lowest BCUT2D eigenvalue weighted by atomic mass is 10.1. The molecule has 0 saturated carbocycles. The summed E-state index contributed by atoms with van der Waals surface area (Å²) in [5.74, 6) is -0.860. The van der Waals surface area contributed by atoms with Gasteiger partial charge < -0.3 is 25.2 Å². The van der Waals surface area contributed by atoms with Crippen LogP contribution in [-0.4, -0.2) is 43.8 Å². The molecular weight excluding hydrogens is 417 g/mol. The van der Waals surface area contributed by atoms with E-state index >= 15 is 0 Å². The first kappa shape index (κ1) is 24.0. The molecule has 31 heavy (non-hydrogen) atoms. The second-order valence-corrected chi connectivity index (χ2v) is 6.62. The van der Waals surface area contributed by atoms with Crippen LogP contribution in [0.2, 0.25) is 0 Å². The molecule has 0 radical (unpaired) electrons. The highest BCUT2D eigenvalue weighted by Gasteiger charge is 2.30. The Morgan fingerprint density at radius 3 is 2.39 bits per heavy atom. The van der Waals surface area contributed by atoms with Gasteiger partial charge >= 0.3 is 12.1 Å². The summed E-state index contributed by atoms with van der Waals surface area (Å²) in [7, 11) is 3.02. The van der Waals surface area contributed by atoms with E-state index in [1.165, 1.54) is 20.3 Å². The molecule has 2 rings (SSSR count). The van der Waals surface area contributed by atoms with Crippen molar-refractivity contribution in [2.45, 2.75) is 25.1 Å². The van der Waals surface area contributed by atoms with Crippen molar-refractivity contribution < 1.29 is 37.3 Å². The molecule has 0 fully saturated rings. The molecule has 10 heteroatoms. The molecule has 0 aliphatic heterocycles. The number of amides is 1. The number of rotatable bonds is 10. The zero-order chi connectivity index (χ0) is 23.0. The number of hydrogen-bond donors (Lipinski definition) is 3. The lowest BCUT2D eigenvalue weighted by Gasteiger charge is -2.15. The third-order valence-corrected chi connectivity index (χ3v) is 4.41. The van der Waals surface area contributed by atoms with E-state index in [-0.39, 0.29) is 12.2 Å². The number of aliphatic carboxylic acids is 1. The number of methoxy groups -OCH3 is 2. The third kappa shape index (κ3) is 7.18. The maximum atomic E-state index is 12.8. The van der Waals surface area contributed by atoms with E-state index in [4.69, 9.17) is 9.47 Å². The second-order valence-electron chi connectivity index (χ2n) is 6.62. The zero-order valence-electron chi connectivity index (χ0n) is 17.0. The van der Waals surface area contributed by atoms with E-state index in [1.54, 1.807) is 18.2 Å². The van der Waals surface area contributed by atoms with Gasteiger partial charge in [0.05, 0.1) is 26.2 Å². The minimum absolute atomic E-state index is 0.0608. The van der Waals surface area contributed by atoms with Crippen LogP contribution in [0.15, 0.2) is 42.5 Å². The fourth-order valence-electron chi connectivity index (χ4n) is 2.84. The number of hydrogen-bond acceptors (Lipinski definition) is 5. The van der Waals surface area contributed by atoms with Crippen LogP contribution in [0.25, 0.3) is 0 Å². The summed E-state index contributed by atoms with van der Waals surface area (Å²) in [5.41, 5.74) is -0.106. The molecule has 0 unspecified atom stereocenters. The number of carbonyl (C=O) groups excluding carboxylic acids is 1. The Hall–Kier alpha value is -3.27. The molecule has 0 spiro atoms. The highest BCUT2D eigenvalue weighted by atomic mass is 19.4. The minimum atomic E-state index is -4.55. The van der Waals surface area contributed by atoms with E-state index in [2.05, 4.69) is 10.6 Å². The Morgan fingerprint density at radius 1 is 1.06 bits per heavy atom. The van der Waals surface area contributed by atoms with Crippen LogP contribution in [0.4, 0.5) is 18.9 Å². The lowest BCUT2D eigenvalue weighted by molar-refractivity contribution is -0.141. The van der Waals surface area contributed by atoms with E-state index < -0.39 is 36.1 Å². The standard InChI is InChI=1S/C21H23F3N2O5/c1-30-17-7-6-13(10-18(17)31-2)8-9-25-16(20(28)29)12-19(27)26-15-5-3-4-14(11-15)21(22,23)24/h3-7,10-11,16,25H,8-9,12H2,1-2H3,(H,26,27)(H,28,29)/t16-/m1/s1. The summed E-state index contributed by atoms with van der Waals surface area (Å²) in [4.78, 5) is 23.6. The molecule has 0 aromatic heterocycles. The van der Waals surface area contributed by atoms with Gasteiger partial charge in [-0.05, 0) is 48.9 Å². The van der Waals surface area contributed by atoms with Gasteiger partial charge in [-0.1, -0.05) is 12.1 Å². The highest BCUT2D eigenvalue weighted by molar-refractivity contribution is 5.94. The zero-order valence-corrected chi connectivity index (χ0v) is 17.0. The Kier molecular flexibility index (Phi) is 8.26. The van der Waals surface area contributed by atoms with Crippen molar-refractivity contribution in [2.24, 2.45) is 0 Å². The molecular formula is C21H23F3N2O5. The van der Waals surface area contributed by atoms with Crippen LogP contribution in [0, 0.1) is 0 Å². The molecule has 1 amide bonds. The molecule has 0 heterocycles. The smallest absolute Gasteiger partial charge is 0.416 e. The maximum Gasteiger partial charge on any atom is 0.416 e. The first-order chi connectivity index (χ1) is 14.6. The monoisotopic (exact) mass is 440 g/mol. The summed E-state index contributed by atoms with van der Waals surface area (Å²) in [5, 5.41) is 14.4. The molecule has 7 nitrogen and oxygen atoms in total. The quantitative estimate of drug-likeness (QED) is 0.525. The number of carbonyl (C=O) groups is 2. The fraction of sp³-hybridized carbons (Fsp3) is 0.333. The first-order valence-electron chi connectivity index (χ1n) is 9.28. The number of halogens is 3. The van der Waals surface area contributed by atoms with Crippen LogP contribution in [-0.2, 0) is 22.2 Å². The van der Waals surface area contributed by atoms with Gasteiger partial charge in [-0.3, -0.25) is 9.59 Å². The van der Waals surface area contributed by atoms with Crippen LogP contribution >= 0.6 is 0 Å². The Bertz CT molecular complexity index is 918. The number of anilines is 1. The molecule has 2 aromatic rings. The van der Waals surface area contributed by atoms with Gasteiger partial charge in [-0.25, -0.2) is 0 Å². The average molecular weight is 440 g/mol. The van der Waals surface area contributed by atoms with Gasteiger partial charge in [0, 0.05) is 5.69 Å². The lowest BCUT2D eigenvalue weighted by Crippen LogP contribution is -2.40. The molecule has 2 aromatic carbocycles. The fourth-order valence-corrected chi connectivity index (χ4v) is 2.84. The third-order valence-electron chi connectivity index (χ3n) is 4.41. The van der Waals surface area contributed by atoms with Gasteiger partial charge in [0.15, 0.2) is 11.5 Å². The van der Waals surface area contributed by atoms with Gasteiger partial charge in [0.1, 0.15) is 6.04 Å². The normalized spacial score (nSPS) is 12.2. The largest absolute Gasteiger partial charge is 0.493 e. The van der Waals surface area contributed by atoms with Crippen LogP contribution in [0.5, 0.6) is 11.5 Å². The molecule has 0 aliphatic carbocycles. The van der Waals surface area contributed by atoms with E-state index in [1.807, 2.05) is 0 Å². The Balaban J connectivity index is 1.93. The summed E-state index contributed by atoms with van der Waals surface area (Å²) < 4.78 is 48.7. The number of carboxylic acids is 1.